The largest absolute Gasteiger partial charge is 0.277 e. The summed E-state index contributed by atoms with van der Waals surface area (Å²) in [6, 6.07) is 7.88. The van der Waals surface area contributed by atoms with E-state index < -0.39 is 10.2 Å². The second-order valence-electron chi connectivity index (χ2n) is 5.55. The fraction of sp³-hybridized carbons (Fsp3) is 0.600. The Kier molecular flexibility index (Phi) is 6.48. The third-order valence-corrected chi connectivity index (χ3v) is 5.40. The van der Waals surface area contributed by atoms with Crippen LogP contribution < -0.4 is 9.44 Å². The van der Waals surface area contributed by atoms with Gasteiger partial charge in [-0.15, -0.1) is 0 Å². The fourth-order valence-electron chi connectivity index (χ4n) is 2.65. The second kappa shape index (κ2) is 8.13. The standard InChI is InChI=1S/C15H23ClN2O2S/c16-15-11-4-1-7-13(15)8-5-6-12-17-21(19,20)18-14-9-2-3-10-14/h1,4,7,11,14,17-18H,2-3,5-6,8-10,12H2. The average Bonchev–Trinajstić information content (AvgIpc) is 2.92. The Balaban J connectivity index is 1.64. The summed E-state index contributed by atoms with van der Waals surface area (Å²) < 4.78 is 29.0. The number of benzene rings is 1. The van der Waals surface area contributed by atoms with Crippen molar-refractivity contribution in [3.05, 3.63) is 34.9 Å². The van der Waals surface area contributed by atoms with Crippen molar-refractivity contribution in [2.75, 3.05) is 6.54 Å². The lowest BCUT2D eigenvalue weighted by atomic mass is 10.1. The summed E-state index contributed by atoms with van der Waals surface area (Å²) in [7, 11) is -3.34. The van der Waals surface area contributed by atoms with Crippen molar-refractivity contribution in [2.24, 2.45) is 0 Å². The highest BCUT2D eigenvalue weighted by Gasteiger charge is 2.20. The lowest BCUT2D eigenvalue weighted by molar-refractivity contribution is 0.536. The smallest absolute Gasteiger partial charge is 0.202 e. The van der Waals surface area contributed by atoms with Crippen LogP contribution in [0.4, 0.5) is 0 Å². The van der Waals surface area contributed by atoms with Crippen LogP contribution >= 0.6 is 11.6 Å². The molecule has 1 aliphatic carbocycles. The van der Waals surface area contributed by atoms with Crippen LogP contribution in [-0.4, -0.2) is 21.0 Å². The maximum absolute atomic E-state index is 11.8. The van der Waals surface area contributed by atoms with Gasteiger partial charge in [0.25, 0.3) is 10.2 Å². The molecule has 1 saturated carbocycles. The van der Waals surface area contributed by atoms with Crippen LogP contribution in [0.3, 0.4) is 0 Å². The van der Waals surface area contributed by atoms with E-state index in [0.29, 0.717) is 6.54 Å². The van der Waals surface area contributed by atoms with Gasteiger partial charge in [-0.1, -0.05) is 42.6 Å². The van der Waals surface area contributed by atoms with E-state index in [1.54, 1.807) is 0 Å². The van der Waals surface area contributed by atoms with E-state index in [-0.39, 0.29) is 6.04 Å². The lowest BCUT2D eigenvalue weighted by Gasteiger charge is -2.13. The molecule has 4 nitrogen and oxygen atoms in total. The Morgan fingerprint density at radius 2 is 1.86 bits per heavy atom. The Labute approximate surface area is 132 Å². The molecule has 1 fully saturated rings. The average molecular weight is 331 g/mol. The van der Waals surface area contributed by atoms with Crippen LogP contribution in [0, 0.1) is 0 Å². The number of unbranched alkanes of at least 4 members (excludes halogenated alkanes) is 1. The van der Waals surface area contributed by atoms with Crippen LogP contribution in [0.25, 0.3) is 0 Å². The van der Waals surface area contributed by atoms with Crippen molar-refractivity contribution in [1.82, 2.24) is 9.44 Å². The van der Waals surface area contributed by atoms with Crippen LogP contribution in [0.2, 0.25) is 5.02 Å². The predicted octanol–water partition coefficient (Wildman–Crippen LogP) is 3.03. The van der Waals surface area contributed by atoms with Crippen molar-refractivity contribution >= 4 is 21.8 Å². The number of nitrogens with one attached hydrogen (secondary N) is 2. The van der Waals surface area contributed by atoms with Crippen molar-refractivity contribution in [3.63, 3.8) is 0 Å². The van der Waals surface area contributed by atoms with Gasteiger partial charge in [0, 0.05) is 17.6 Å². The van der Waals surface area contributed by atoms with Gasteiger partial charge < -0.3 is 0 Å². The number of rotatable bonds is 8. The monoisotopic (exact) mass is 330 g/mol. The molecule has 0 bridgehead atoms. The molecule has 1 aliphatic rings. The number of halogens is 1. The summed E-state index contributed by atoms with van der Waals surface area (Å²) in [5.41, 5.74) is 1.12. The molecule has 2 N–H and O–H groups in total. The quantitative estimate of drug-likeness (QED) is 0.720. The lowest BCUT2D eigenvalue weighted by Crippen LogP contribution is -2.41. The first kappa shape index (κ1) is 16.7. The molecule has 0 aromatic heterocycles. The molecular weight excluding hydrogens is 308 g/mol. The Bertz CT molecular complexity index is 542. The summed E-state index contributed by atoms with van der Waals surface area (Å²) in [6.45, 7) is 0.465. The molecule has 0 radical (unpaired) electrons. The van der Waals surface area contributed by atoms with Gasteiger partial charge >= 0.3 is 0 Å². The van der Waals surface area contributed by atoms with Gasteiger partial charge in [0.05, 0.1) is 0 Å². The van der Waals surface area contributed by atoms with Crippen molar-refractivity contribution in [2.45, 2.75) is 51.0 Å². The summed E-state index contributed by atoms with van der Waals surface area (Å²) in [5, 5.41) is 0.779. The Morgan fingerprint density at radius 3 is 2.57 bits per heavy atom. The summed E-state index contributed by atoms with van der Waals surface area (Å²) >= 11 is 6.08. The third-order valence-electron chi connectivity index (χ3n) is 3.80. The van der Waals surface area contributed by atoms with Gasteiger partial charge in [-0.25, -0.2) is 4.72 Å². The van der Waals surface area contributed by atoms with Crippen molar-refractivity contribution in [3.8, 4) is 0 Å². The molecule has 0 unspecified atom stereocenters. The maximum atomic E-state index is 11.8. The van der Waals surface area contributed by atoms with E-state index in [1.807, 2.05) is 24.3 Å². The van der Waals surface area contributed by atoms with Crippen LogP contribution in [0.15, 0.2) is 24.3 Å². The molecule has 0 spiro atoms. The SMILES string of the molecule is O=S(=O)(NCCCCc1ccccc1Cl)NC1CCCC1. The highest BCUT2D eigenvalue weighted by molar-refractivity contribution is 7.87. The maximum Gasteiger partial charge on any atom is 0.277 e. The first-order valence-electron chi connectivity index (χ1n) is 7.57. The topological polar surface area (TPSA) is 58.2 Å². The van der Waals surface area contributed by atoms with E-state index in [9.17, 15) is 8.42 Å². The number of hydrogen-bond donors (Lipinski definition) is 2. The minimum atomic E-state index is -3.34. The molecular formula is C15H23ClN2O2S. The first-order chi connectivity index (χ1) is 10.1. The van der Waals surface area contributed by atoms with Crippen LogP contribution in [0.1, 0.15) is 44.1 Å². The molecule has 2 rings (SSSR count). The fourth-order valence-corrected chi connectivity index (χ4v) is 4.05. The van der Waals surface area contributed by atoms with Gasteiger partial charge in [0.15, 0.2) is 0 Å². The Hall–Kier alpha value is -0.620. The molecule has 6 heteroatoms. The van der Waals surface area contributed by atoms with Gasteiger partial charge in [-0.3, -0.25) is 0 Å². The molecule has 0 aliphatic heterocycles. The molecule has 21 heavy (non-hydrogen) atoms. The van der Waals surface area contributed by atoms with Gasteiger partial charge in [0.2, 0.25) is 0 Å². The van der Waals surface area contributed by atoms with E-state index in [2.05, 4.69) is 9.44 Å². The van der Waals surface area contributed by atoms with Crippen LogP contribution in [-0.2, 0) is 16.6 Å². The summed E-state index contributed by atoms with van der Waals surface area (Å²) in [6.07, 6.45) is 6.72. The van der Waals surface area contributed by atoms with E-state index in [1.165, 1.54) is 0 Å². The summed E-state index contributed by atoms with van der Waals surface area (Å²) in [5.74, 6) is 0. The molecule has 0 saturated heterocycles. The van der Waals surface area contributed by atoms with E-state index in [0.717, 1.165) is 55.5 Å². The minimum Gasteiger partial charge on any atom is -0.202 e. The molecule has 0 atom stereocenters. The minimum absolute atomic E-state index is 0.116. The predicted molar refractivity (Wildman–Crippen MR) is 86.7 cm³/mol. The molecule has 118 valence electrons. The van der Waals surface area contributed by atoms with Gasteiger partial charge in [-0.05, 0) is 43.7 Å². The first-order valence-corrected chi connectivity index (χ1v) is 9.43. The van der Waals surface area contributed by atoms with Gasteiger partial charge in [0.1, 0.15) is 0 Å². The molecule has 1 aromatic rings. The van der Waals surface area contributed by atoms with E-state index >= 15 is 0 Å². The van der Waals surface area contributed by atoms with Gasteiger partial charge in [-0.2, -0.15) is 13.1 Å². The van der Waals surface area contributed by atoms with Crippen molar-refractivity contribution < 1.29 is 8.42 Å². The Morgan fingerprint density at radius 1 is 1.14 bits per heavy atom. The molecule has 1 aromatic carbocycles. The zero-order chi connectivity index (χ0) is 15.1. The van der Waals surface area contributed by atoms with E-state index in [4.69, 9.17) is 11.6 Å². The number of hydrogen-bond acceptors (Lipinski definition) is 2. The van der Waals surface area contributed by atoms with Crippen LogP contribution in [0.5, 0.6) is 0 Å². The number of aryl methyl sites for hydroxylation is 1. The highest BCUT2D eigenvalue weighted by atomic mass is 35.5. The summed E-state index contributed by atoms with van der Waals surface area (Å²) in [4.78, 5) is 0. The normalized spacial score (nSPS) is 16.4. The third kappa shape index (κ3) is 5.94. The molecule has 0 amide bonds. The van der Waals surface area contributed by atoms with Crippen molar-refractivity contribution in [1.29, 1.82) is 0 Å². The molecule has 0 heterocycles. The highest BCUT2D eigenvalue weighted by Crippen LogP contribution is 2.18. The zero-order valence-electron chi connectivity index (χ0n) is 12.1. The zero-order valence-corrected chi connectivity index (χ0v) is 13.7. The second-order valence-corrected chi connectivity index (χ2v) is 7.48.